The van der Waals surface area contributed by atoms with E-state index in [0.29, 0.717) is 18.0 Å². The maximum Gasteiger partial charge on any atom is 0.350 e. The molecule has 0 spiro atoms. The maximum atomic E-state index is 11.9. The molecule has 1 heterocycles. The van der Waals surface area contributed by atoms with Crippen molar-refractivity contribution in [3.8, 4) is 5.75 Å². The number of anilines is 1. The van der Waals surface area contributed by atoms with Gasteiger partial charge in [-0.25, -0.2) is 9.59 Å². The van der Waals surface area contributed by atoms with Gasteiger partial charge in [-0.3, -0.25) is 0 Å². The molecule has 0 amide bonds. The van der Waals surface area contributed by atoms with Gasteiger partial charge in [-0.1, -0.05) is 12.1 Å². The van der Waals surface area contributed by atoms with Crippen LogP contribution in [0.5, 0.6) is 5.75 Å². The number of benzene rings is 1. The van der Waals surface area contributed by atoms with E-state index in [1.165, 1.54) is 20.0 Å². The highest BCUT2D eigenvalue weighted by Crippen LogP contribution is 2.27. The van der Waals surface area contributed by atoms with Gasteiger partial charge in [-0.05, 0) is 19.1 Å². The molecule has 24 heavy (non-hydrogen) atoms. The van der Waals surface area contributed by atoms with Gasteiger partial charge in [0.15, 0.2) is 5.57 Å². The Hall–Kier alpha value is -2.54. The Balaban J connectivity index is 2.14. The number of rotatable bonds is 6. The van der Waals surface area contributed by atoms with Crippen LogP contribution in [0.15, 0.2) is 36.0 Å². The van der Waals surface area contributed by atoms with E-state index in [1.807, 2.05) is 13.0 Å². The van der Waals surface area contributed by atoms with Crippen LogP contribution in [0, 0.1) is 0 Å². The molecule has 7 nitrogen and oxygen atoms in total. The first-order chi connectivity index (χ1) is 11.3. The second-order valence-corrected chi connectivity index (χ2v) is 5.76. The summed E-state index contributed by atoms with van der Waals surface area (Å²) in [5.41, 5.74) is 0.382. The minimum atomic E-state index is -1.26. The zero-order valence-corrected chi connectivity index (χ0v) is 14.1. The van der Waals surface area contributed by atoms with Crippen LogP contribution < -0.4 is 10.1 Å². The molecule has 1 saturated heterocycles. The van der Waals surface area contributed by atoms with Crippen LogP contribution in [0.3, 0.4) is 0 Å². The third kappa shape index (κ3) is 4.48. The lowest BCUT2D eigenvalue weighted by molar-refractivity contribution is -0.222. The molecular formula is C17H21NO6. The van der Waals surface area contributed by atoms with Crippen molar-refractivity contribution >= 4 is 17.6 Å². The second-order valence-electron chi connectivity index (χ2n) is 5.76. The molecule has 1 aliphatic heterocycles. The van der Waals surface area contributed by atoms with Gasteiger partial charge in [0.2, 0.25) is 0 Å². The Bertz CT molecular complexity index is 630. The number of carbonyl (C=O) groups excluding carboxylic acids is 2. The smallest absolute Gasteiger partial charge is 0.350 e. The summed E-state index contributed by atoms with van der Waals surface area (Å²) in [5, 5.41) is 2.89. The highest BCUT2D eigenvalue weighted by molar-refractivity contribution is 6.15. The normalized spacial score (nSPS) is 17.6. The fraction of sp³-hybridized carbons (Fsp3) is 0.412. The quantitative estimate of drug-likeness (QED) is 0.485. The lowest BCUT2D eigenvalue weighted by Crippen LogP contribution is -2.42. The van der Waals surface area contributed by atoms with Gasteiger partial charge < -0.3 is 24.3 Å². The molecule has 2 rings (SSSR count). The van der Waals surface area contributed by atoms with Gasteiger partial charge in [0.25, 0.3) is 5.79 Å². The van der Waals surface area contributed by atoms with Crippen molar-refractivity contribution in [2.75, 3.05) is 19.0 Å². The van der Waals surface area contributed by atoms with Crippen molar-refractivity contribution in [2.45, 2.75) is 32.7 Å². The highest BCUT2D eigenvalue weighted by atomic mass is 16.7. The van der Waals surface area contributed by atoms with Gasteiger partial charge in [0.1, 0.15) is 11.9 Å². The molecule has 1 atom stereocenters. The van der Waals surface area contributed by atoms with Crippen LogP contribution in [-0.2, 0) is 23.8 Å². The molecule has 1 aromatic carbocycles. The van der Waals surface area contributed by atoms with Gasteiger partial charge in [0.05, 0.1) is 12.3 Å². The van der Waals surface area contributed by atoms with Gasteiger partial charge in [-0.2, -0.15) is 0 Å². The van der Waals surface area contributed by atoms with E-state index in [-0.39, 0.29) is 11.7 Å². The van der Waals surface area contributed by atoms with Gasteiger partial charge in [0, 0.05) is 27.2 Å². The number of hydrogen-bond acceptors (Lipinski definition) is 7. The lowest BCUT2D eigenvalue weighted by Gasteiger charge is -2.29. The van der Waals surface area contributed by atoms with Crippen LogP contribution in [-0.4, -0.2) is 37.5 Å². The van der Waals surface area contributed by atoms with Crippen LogP contribution in [0.25, 0.3) is 0 Å². The molecule has 1 N–H and O–H groups in total. The minimum Gasteiger partial charge on any atom is -0.486 e. The molecule has 7 heteroatoms. The molecule has 1 unspecified atom stereocenters. The first-order valence-electron chi connectivity index (χ1n) is 7.50. The average molecular weight is 335 g/mol. The first-order valence-corrected chi connectivity index (χ1v) is 7.50. The number of methoxy groups -OCH3 is 1. The Kier molecular flexibility index (Phi) is 5.46. The van der Waals surface area contributed by atoms with Crippen LogP contribution in [0.1, 0.15) is 20.8 Å². The minimum absolute atomic E-state index is 0.156. The molecular weight excluding hydrogens is 314 g/mol. The summed E-state index contributed by atoms with van der Waals surface area (Å²) in [6, 6.07) is 7.15. The third-order valence-electron chi connectivity index (χ3n) is 3.11. The van der Waals surface area contributed by atoms with E-state index in [0.717, 1.165) is 0 Å². The SMILES string of the molecule is COCC(C)Oc1ccccc1NC=C1C(=O)OC(C)(C)OC1=O. The standard InChI is InChI=1S/C17H21NO6/c1-11(10-21-4)22-14-8-6-5-7-13(14)18-9-12-15(19)23-17(2,3)24-16(12)20/h5-9,11,18H,10H2,1-4H3. The van der Waals surface area contributed by atoms with E-state index < -0.39 is 17.7 Å². The molecule has 0 aromatic heterocycles. The second kappa shape index (κ2) is 7.35. The molecule has 130 valence electrons. The van der Waals surface area contributed by atoms with Crippen molar-refractivity contribution in [1.29, 1.82) is 0 Å². The molecule has 1 fully saturated rings. The van der Waals surface area contributed by atoms with Crippen LogP contribution >= 0.6 is 0 Å². The molecule has 0 aliphatic carbocycles. The number of hydrogen-bond donors (Lipinski definition) is 1. The topological polar surface area (TPSA) is 83.1 Å². The Morgan fingerprint density at radius 3 is 2.46 bits per heavy atom. The summed E-state index contributed by atoms with van der Waals surface area (Å²) in [7, 11) is 1.59. The fourth-order valence-electron chi connectivity index (χ4n) is 2.10. The molecule has 0 radical (unpaired) electrons. The van der Waals surface area contributed by atoms with Crippen LogP contribution in [0.2, 0.25) is 0 Å². The molecule has 1 aliphatic rings. The maximum absolute atomic E-state index is 11.9. The van der Waals surface area contributed by atoms with Crippen molar-refractivity contribution in [3.05, 3.63) is 36.0 Å². The molecule has 0 saturated carbocycles. The summed E-state index contributed by atoms with van der Waals surface area (Å²) in [6.07, 6.45) is 1.10. The monoisotopic (exact) mass is 335 g/mol. The first kappa shape index (κ1) is 17.8. The van der Waals surface area contributed by atoms with Crippen molar-refractivity contribution < 1.29 is 28.5 Å². The Morgan fingerprint density at radius 2 is 1.83 bits per heavy atom. The summed E-state index contributed by atoms with van der Waals surface area (Å²) in [6.45, 7) is 5.29. The van der Waals surface area contributed by atoms with Crippen molar-refractivity contribution in [1.82, 2.24) is 0 Å². The number of esters is 2. The van der Waals surface area contributed by atoms with E-state index in [2.05, 4.69) is 5.32 Å². The van der Waals surface area contributed by atoms with Crippen molar-refractivity contribution in [2.24, 2.45) is 0 Å². The lowest BCUT2D eigenvalue weighted by atomic mass is 10.2. The van der Waals surface area contributed by atoms with Gasteiger partial charge in [-0.15, -0.1) is 0 Å². The summed E-state index contributed by atoms with van der Waals surface area (Å²) in [4.78, 5) is 23.8. The summed E-state index contributed by atoms with van der Waals surface area (Å²) >= 11 is 0. The Morgan fingerprint density at radius 1 is 1.21 bits per heavy atom. The predicted octanol–water partition coefficient (Wildman–Crippen LogP) is 2.23. The summed E-state index contributed by atoms with van der Waals surface area (Å²) in [5.74, 6) is -2.18. The zero-order valence-electron chi connectivity index (χ0n) is 14.1. The third-order valence-corrected chi connectivity index (χ3v) is 3.11. The summed E-state index contributed by atoms with van der Waals surface area (Å²) < 4.78 is 20.9. The number of para-hydroxylation sites is 2. The number of carbonyl (C=O) groups is 2. The van der Waals surface area contributed by atoms with E-state index in [1.54, 1.807) is 25.3 Å². The Labute approximate surface area is 140 Å². The van der Waals surface area contributed by atoms with E-state index in [9.17, 15) is 9.59 Å². The van der Waals surface area contributed by atoms with Crippen molar-refractivity contribution in [3.63, 3.8) is 0 Å². The van der Waals surface area contributed by atoms with Gasteiger partial charge >= 0.3 is 11.9 Å². The number of nitrogens with one attached hydrogen (secondary N) is 1. The van der Waals surface area contributed by atoms with Crippen LogP contribution in [0.4, 0.5) is 5.69 Å². The number of ether oxygens (including phenoxy) is 4. The average Bonchev–Trinajstić information content (AvgIpc) is 2.47. The number of cyclic esters (lactones) is 2. The fourth-order valence-corrected chi connectivity index (χ4v) is 2.10. The van der Waals surface area contributed by atoms with E-state index >= 15 is 0 Å². The zero-order chi connectivity index (χ0) is 17.7. The predicted molar refractivity (Wildman–Crippen MR) is 86.4 cm³/mol. The molecule has 1 aromatic rings. The highest BCUT2D eigenvalue weighted by Gasteiger charge is 2.38. The largest absolute Gasteiger partial charge is 0.486 e. The van der Waals surface area contributed by atoms with E-state index in [4.69, 9.17) is 18.9 Å². The molecule has 0 bridgehead atoms.